The summed E-state index contributed by atoms with van der Waals surface area (Å²) in [5, 5.41) is 8.56. The normalized spacial score (nSPS) is 23.4. The summed E-state index contributed by atoms with van der Waals surface area (Å²) in [6, 6.07) is 0. The summed E-state index contributed by atoms with van der Waals surface area (Å²) in [6.45, 7) is 2.15. The van der Waals surface area contributed by atoms with Crippen LogP contribution in [-0.4, -0.2) is 11.1 Å². The number of allylic oxidation sites excluding steroid dienone is 1. The topological polar surface area (TPSA) is 37.3 Å². The molecule has 0 saturated carbocycles. The molecule has 11 heavy (non-hydrogen) atoms. The van der Waals surface area contributed by atoms with Crippen LogP contribution in [0, 0.1) is 5.92 Å². The second kappa shape index (κ2) is 4.39. The van der Waals surface area contributed by atoms with E-state index < -0.39 is 5.97 Å². The quantitative estimate of drug-likeness (QED) is 0.666. The molecule has 0 aromatic rings. The average Bonchev–Trinajstić information content (AvgIpc) is 1.88. The van der Waals surface area contributed by atoms with Crippen molar-refractivity contribution in [2.24, 2.45) is 5.92 Å². The van der Waals surface area contributed by atoms with Gasteiger partial charge in [-0.3, -0.25) is 0 Å². The van der Waals surface area contributed by atoms with Crippen molar-refractivity contribution in [1.29, 1.82) is 0 Å². The summed E-state index contributed by atoms with van der Waals surface area (Å²) in [5.41, 5.74) is 0.595. The van der Waals surface area contributed by atoms with E-state index in [1.165, 1.54) is 0 Å². The summed E-state index contributed by atoms with van der Waals surface area (Å²) in [6.07, 6.45) is 4.55. The Kier molecular flexibility index (Phi) is 4.19. The van der Waals surface area contributed by atoms with Crippen LogP contribution < -0.4 is 0 Å². The predicted octanol–water partition coefficient (Wildman–Crippen LogP) is 2.24. The third-order valence-corrected chi connectivity index (χ3v) is 1.95. The number of aliphatic carboxylic acids is 1. The maximum atomic E-state index is 10.4. The minimum Gasteiger partial charge on any atom is -0.478 e. The Morgan fingerprint density at radius 3 is 2.73 bits per heavy atom. The average molecular weight is 177 g/mol. The lowest BCUT2D eigenvalue weighted by atomic mass is 9.91. The van der Waals surface area contributed by atoms with Crippen LogP contribution in [0.3, 0.4) is 0 Å². The van der Waals surface area contributed by atoms with Crippen molar-refractivity contribution >= 4 is 18.4 Å². The first-order valence-electron chi connectivity index (χ1n) is 3.62. The zero-order chi connectivity index (χ0) is 7.56. The van der Waals surface area contributed by atoms with Crippen molar-refractivity contribution in [3.8, 4) is 0 Å². The van der Waals surface area contributed by atoms with Gasteiger partial charge in [-0.1, -0.05) is 13.0 Å². The van der Waals surface area contributed by atoms with Crippen molar-refractivity contribution in [2.75, 3.05) is 0 Å². The molecule has 1 aliphatic rings. The van der Waals surface area contributed by atoms with Gasteiger partial charge in [-0.05, 0) is 25.2 Å². The van der Waals surface area contributed by atoms with Gasteiger partial charge in [0.05, 0.1) is 0 Å². The fraction of sp³-hybridized carbons (Fsp3) is 0.625. The molecule has 0 amide bonds. The van der Waals surface area contributed by atoms with E-state index in [1.54, 1.807) is 0 Å². The molecule has 0 bridgehead atoms. The van der Waals surface area contributed by atoms with Gasteiger partial charge in [0.1, 0.15) is 0 Å². The van der Waals surface area contributed by atoms with Crippen LogP contribution in [0.2, 0.25) is 0 Å². The zero-order valence-corrected chi connectivity index (χ0v) is 7.36. The number of hydrogen-bond donors (Lipinski definition) is 1. The van der Waals surface area contributed by atoms with Crippen LogP contribution >= 0.6 is 12.4 Å². The lowest BCUT2D eigenvalue weighted by molar-refractivity contribution is -0.132. The van der Waals surface area contributed by atoms with Gasteiger partial charge in [0, 0.05) is 5.57 Å². The monoisotopic (exact) mass is 176 g/mol. The molecular weight excluding hydrogens is 164 g/mol. The van der Waals surface area contributed by atoms with Gasteiger partial charge < -0.3 is 5.11 Å². The molecule has 0 aliphatic heterocycles. The van der Waals surface area contributed by atoms with Crippen LogP contribution in [-0.2, 0) is 4.79 Å². The first-order valence-corrected chi connectivity index (χ1v) is 3.62. The maximum Gasteiger partial charge on any atom is 0.331 e. The Labute approximate surface area is 72.7 Å². The standard InChI is InChI=1S/C8H12O2.ClH/c1-6-2-4-7(5-3-6)8(9)10;/h4,6H,2-3,5H2,1H3,(H,9,10);1H. The van der Waals surface area contributed by atoms with E-state index in [2.05, 4.69) is 6.92 Å². The van der Waals surface area contributed by atoms with Crippen molar-refractivity contribution in [3.63, 3.8) is 0 Å². The lowest BCUT2D eigenvalue weighted by Crippen LogP contribution is -2.08. The minimum atomic E-state index is -0.744. The van der Waals surface area contributed by atoms with Crippen LogP contribution in [0.4, 0.5) is 0 Å². The van der Waals surface area contributed by atoms with Gasteiger partial charge in [-0.15, -0.1) is 12.4 Å². The van der Waals surface area contributed by atoms with Crippen LogP contribution in [0.25, 0.3) is 0 Å². The largest absolute Gasteiger partial charge is 0.478 e. The summed E-state index contributed by atoms with van der Waals surface area (Å²) in [5.74, 6) is -0.0741. The fourth-order valence-corrected chi connectivity index (χ4v) is 1.16. The van der Waals surface area contributed by atoms with E-state index in [-0.39, 0.29) is 12.4 Å². The number of halogens is 1. The molecule has 0 spiro atoms. The minimum absolute atomic E-state index is 0. The lowest BCUT2D eigenvalue weighted by Gasteiger charge is -2.14. The SMILES string of the molecule is CC1CC=C(C(=O)O)CC1.Cl. The highest BCUT2D eigenvalue weighted by atomic mass is 35.5. The van der Waals surface area contributed by atoms with Crippen molar-refractivity contribution in [2.45, 2.75) is 26.2 Å². The Balaban J connectivity index is 0.000001000. The molecule has 0 radical (unpaired) electrons. The van der Waals surface area contributed by atoms with Crippen molar-refractivity contribution in [1.82, 2.24) is 0 Å². The van der Waals surface area contributed by atoms with E-state index in [0.717, 1.165) is 19.3 Å². The molecule has 64 valence electrons. The summed E-state index contributed by atoms with van der Waals surface area (Å²) >= 11 is 0. The zero-order valence-electron chi connectivity index (χ0n) is 6.54. The van der Waals surface area contributed by atoms with Crippen LogP contribution in [0.15, 0.2) is 11.6 Å². The molecule has 0 saturated heterocycles. The van der Waals surface area contributed by atoms with Gasteiger partial charge in [-0.2, -0.15) is 0 Å². The number of rotatable bonds is 1. The Morgan fingerprint density at radius 1 is 1.73 bits per heavy atom. The third-order valence-electron chi connectivity index (χ3n) is 1.95. The molecule has 0 aromatic heterocycles. The van der Waals surface area contributed by atoms with Crippen molar-refractivity contribution in [3.05, 3.63) is 11.6 Å². The molecule has 1 rings (SSSR count). The molecular formula is C8H13ClO2. The first kappa shape index (κ1) is 10.5. The van der Waals surface area contributed by atoms with Crippen molar-refractivity contribution < 1.29 is 9.90 Å². The van der Waals surface area contributed by atoms with E-state index >= 15 is 0 Å². The van der Waals surface area contributed by atoms with Gasteiger partial charge in [0.25, 0.3) is 0 Å². The number of hydrogen-bond acceptors (Lipinski definition) is 1. The van der Waals surface area contributed by atoms with Gasteiger partial charge in [-0.25, -0.2) is 4.79 Å². The summed E-state index contributed by atoms with van der Waals surface area (Å²) < 4.78 is 0. The number of carboxylic acid groups (broad SMARTS) is 1. The van der Waals surface area contributed by atoms with Gasteiger partial charge in [0.15, 0.2) is 0 Å². The third kappa shape index (κ3) is 2.93. The molecule has 1 N–H and O–H groups in total. The van der Waals surface area contributed by atoms with E-state index in [0.29, 0.717) is 11.5 Å². The molecule has 1 aliphatic carbocycles. The smallest absolute Gasteiger partial charge is 0.331 e. The predicted molar refractivity (Wildman–Crippen MR) is 46.0 cm³/mol. The van der Waals surface area contributed by atoms with Gasteiger partial charge in [0.2, 0.25) is 0 Å². The highest BCUT2D eigenvalue weighted by Gasteiger charge is 2.14. The van der Waals surface area contributed by atoms with E-state index in [9.17, 15) is 4.79 Å². The Hall–Kier alpha value is -0.500. The first-order chi connectivity index (χ1) is 4.70. The number of carboxylic acids is 1. The molecule has 0 fully saturated rings. The van der Waals surface area contributed by atoms with Gasteiger partial charge >= 0.3 is 5.97 Å². The Bertz CT molecular complexity index is 175. The van der Waals surface area contributed by atoms with Crippen LogP contribution in [0.5, 0.6) is 0 Å². The molecule has 1 unspecified atom stereocenters. The highest BCUT2D eigenvalue weighted by Crippen LogP contribution is 2.22. The molecule has 0 aromatic carbocycles. The molecule has 2 nitrogen and oxygen atoms in total. The summed E-state index contributed by atoms with van der Waals surface area (Å²) in [7, 11) is 0. The number of carbonyl (C=O) groups is 1. The molecule has 3 heteroatoms. The fourth-order valence-electron chi connectivity index (χ4n) is 1.16. The second-order valence-electron chi connectivity index (χ2n) is 2.91. The Morgan fingerprint density at radius 2 is 2.36 bits per heavy atom. The summed E-state index contributed by atoms with van der Waals surface area (Å²) in [4.78, 5) is 10.4. The molecule has 0 heterocycles. The van der Waals surface area contributed by atoms with E-state index in [1.807, 2.05) is 6.08 Å². The van der Waals surface area contributed by atoms with E-state index in [4.69, 9.17) is 5.11 Å². The molecule has 1 atom stereocenters. The second-order valence-corrected chi connectivity index (χ2v) is 2.91. The van der Waals surface area contributed by atoms with Crippen LogP contribution in [0.1, 0.15) is 26.2 Å². The highest BCUT2D eigenvalue weighted by molar-refractivity contribution is 5.86. The maximum absolute atomic E-state index is 10.4.